The molecule has 0 radical (unpaired) electrons. The molecule has 4 nitrogen and oxygen atoms in total. The molecule has 19 heavy (non-hydrogen) atoms. The summed E-state index contributed by atoms with van der Waals surface area (Å²) in [5, 5.41) is 12.7. The molecule has 0 fully saturated rings. The van der Waals surface area contributed by atoms with Crippen molar-refractivity contribution in [3.63, 3.8) is 0 Å². The summed E-state index contributed by atoms with van der Waals surface area (Å²) in [7, 11) is 0. The molecule has 98 valence electrons. The highest BCUT2D eigenvalue weighted by Crippen LogP contribution is 2.27. The van der Waals surface area contributed by atoms with E-state index in [1.54, 1.807) is 37.3 Å². The van der Waals surface area contributed by atoms with Gasteiger partial charge in [-0.05, 0) is 42.8 Å². The van der Waals surface area contributed by atoms with Crippen molar-refractivity contribution in [1.82, 2.24) is 0 Å². The molecule has 0 spiro atoms. The Balaban J connectivity index is 2.17. The Morgan fingerprint density at radius 2 is 1.89 bits per heavy atom. The maximum atomic E-state index is 11.9. The molecule has 2 N–H and O–H groups in total. The molecule has 2 rings (SSSR count). The molecule has 0 aliphatic carbocycles. The number of thiophene rings is 1. The minimum absolute atomic E-state index is 0.228. The largest absolute Gasteiger partial charge is 0.477 e. The highest BCUT2D eigenvalue weighted by atomic mass is 35.5. The molecule has 0 saturated heterocycles. The van der Waals surface area contributed by atoms with Crippen LogP contribution in [-0.4, -0.2) is 17.0 Å². The zero-order valence-corrected chi connectivity index (χ0v) is 11.5. The van der Waals surface area contributed by atoms with Crippen LogP contribution < -0.4 is 5.32 Å². The van der Waals surface area contributed by atoms with E-state index in [0.717, 1.165) is 11.3 Å². The van der Waals surface area contributed by atoms with E-state index in [2.05, 4.69) is 5.32 Å². The first kappa shape index (κ1) is 13.6. The van der Waals surface area contributed by atoms with E-state index in [1.807, 2.05) is 0 Å². The highest BCUT2D eigenvalue weighted by molar-refractivity contribution is 7.18. The molecule has 0 aliphatic heterocycles. The second-order valence-corrected chi connectivity index (χ2v) is 5.38. The smallest absolute Gasteiger partial charge is 0.346 e. The summed E-state index contributed by atoms with van der Waals surface area (Å²) < 4.78 is 0. The number of amides is 1. The highest BCUT2D eigenvalue weighted by Gasteiger charge is 2.14. The van der Waals surface area contributed by atoms with Gasteiger partial charge in [-0.1, -0.05) is 11.6 Å². The number of benzene rings is 1. The fraction of sp³-hybridized carbons (Fsp3) is 0.0769. The van der Waals surface area contributed by atoms with Crippen molar-refractivity contribution >= 4 is 39.8 Å². The quantitative estimate of drug-likeness (QED) is 0.908. The van der Waals surface area contributed by atoms with E-state index in [9.17, 15) is 9.59 Å². The second-order valence-electron chi connectivity index (χ2n) is 3.89. The van der Waals surface area contributed by atoms with E-state index >= 15 is 0 Å². The van der Waals surface area contributed by atoms with E-state index in [0.29, 0.717) is 21.2 Å². The van der Waals surface area contributed by atoms with E-state index in [-0.39, 0.29) is 10.8 Å². The van der Waals surface area contributed by atoms with Crippen molar-refractivity contribution in [2.24, 2.45) is 0 Å². The number of nitrogens with one attached hydrogen (secondary N) is 1. The van der Waals surface area contributed by atoms with Crippen LogP contribution >= 0.6 is 22.9 Å². The van der Waals surface area contributed by atoms with E-state index < -0.39 is 5.97 Å². The summed E-state index contributed by atoms with van der Waals surface area (Å²) in [6, 6.07) is 8.10. The fourth-order valence-electron chi connectivity index (χ4n) is 1.54. The van der Waals surface area contributed by atoms with Gasteiger partial charge < -0.3 is 10.4 Å². The van der Waals surface area contributed by atoms with Gasteiger partial charge in [-0.25, -0.2) is 4.79 Å². The van der Waals surface area contributed by atoms with Gasteiger partial charge in [0, 0.05) is 10.6 Å². The molecule has 0 aliphatic rings. The summed E-state index contributed by atoms with van der Waals surface area (Å²) in [6.07, 6.45) is 0. The maximum Gasteiger partial charge on any atom is 0.346 e. The van der Waals surface area contributed by atoms with Gasteiger partial charge >= 0.3 is 5.97 Å². The lowest BCUT2D eigenvalue weighted by molar-refractivity contribution is 0.0701. The standard InChI is InChI=1S/C13H10ClNO3S/c1-7-6-10(19-11(7)13(17)18)15-12(16)8-2-4-9(14)5-3-8/h2-6H,1H3,(H,15,16)(H,17,18). The predicted molar refractivity (Wildman–Crippen MR) is 75.4 cm³/mol. The number of rotatable bonds is 3. The molecule has 0 atom stereocenters. The molecule has 0 bridgehead atoms. The number of carbonyl (C=O) groups is 2. The fourth-order valence-corrected chi connectivity index (χ4v) is 2.57. The van der Waals surface area contributed by atoms with Gasteiger partial charge in [-0.15, -0.1) is 11.3 Å². The van der Waals surface area contributed by atoms with Gasteiger partial charge in [0.25, 0.3) is 5.91 Å². The zero-order valence-electron chi connectivity index (χ0n) is 9.94. The monoisotopic (exact) mass is 295 g/mol. The molecule has 6 heteroatoms. The SMILES string of the molecule is Cc1cc(NC(=O)c2ccc(Cl)cc2)sc1C(=O)O. The molecule has 1 amide bonds. The van der Waals surface area contributed by atoms with Gasteiger partial charge in [-0.3, -0.25) is 4.79 Å². The lowest BCUT2D eigenvalue weighted by atomic mass is 10.2. The van der Waals surface area contributed by atoms with E-state index in [1.165, 1.54) is 0 Å². The molecule has 0 unspecified atom stereocenters. The third kappa shape index (κ3) is 3.13. The van der Waals surface area contributed by atoms with Crippen LogP contribution in [0.1, 0.15) is 25.6 Å². The first-order valence-electron chi connectivity index (χ1n) is 5.38. The van der Waals surface area contributed by atoms with Crippen LogP contribution in [-0.2, 0) is 0 Å². The minimum Gasteiger partial charge on any atom is -0.477 e. The topological polar surface area (TPSA) is 66.4 Å². The molecular weight excluding hydrogens is 286 g/mol. The zero-order chi connectivity index (χ0) is 14.0. The summed E-state index contributed by atoms with van der Waals surface area (Å²) >= 11 is 6.78. The summed E-state index contributed by atoms with van der Waals surface area (Å²) in [5.41, 5.74) is 1.09. The predicted octanol–water partition coefficient (Wildman–Crippen LogP) is 3.66. The minimum atomic E-state index is -0.991. The van der Waals surface area contributed by atoms with Gasteiger partial charge in [0.15, 0.2) is 0 Å². The van der Waals surface area contributed by atoms with Crippen LogP contribution in [0.5, 0.6) is 0 Å². The first-order valence-corrected chi connectivity index (χ1v) is 6.57. The summed E-state index contributed by atoms with van der Waals surface area (Å²) in [5.74, 6) is -1.29. The second kappa shape index (κ2) is 5.42. The number of anilines is 1. The third-order valence-corrected chi connectivity index (χ3v) is 3.85. The number of carboxylic acid groups (broad SMARTS) is 1. The molecule has 2 aromatic rings. The number of carbonyl (C=O) groups excluding carboxylic acids is 1. The van der Waals surface area contributed by atoms with Gasteiger partial charge in [-0.2, -0.15) is 0 Å². The Hall–Kier alpha value is -1.85. The Kier molecular flexibility index (Phi) is 3.87. The summed E-state index contributed by atoms with van der Waals surface area (Å²) in [4.78, 5) is 23.1. The molecular formula is C13H10ClNO3S. The van der Waals surface area contributed by atoms with Crippen molar-refractivity contribution in [3.05, 3.63) is 51.4 Å². The number of aryl methyl sites for hydroxylation is 1. The lowest BCUT2D eigenvalue weighted by Gasteiger charge is -2.02. The first-order chi connectivity index (χ1) is 8.97. The Labute approximate surface area is 118 Å². The van der Waals surface area contributed by atoms with Gasteiger partial charge in [0.1, 0.15) is 4.88 Å². The maximum absolute atomic E-state index is 11.9. The molecule has 1 aromatic heterocycles. The van der Waals surface area contributed by atoms with Crippen molar-refractivity contribution in [2.45, 2.75) is 6.92 Å². The molecule has 1 heterocycles. The van der Waals surface area contributed by atoms with Crippen molar-refractivity contribution in [2.75, 3.05) is 5.32 Å². The molecule has 1 aromatic carbocycles. The average Bonchev–Trinajstić information content (AvgIpc) is 2.71. The number of aromatic carboxylic acids is 1. The van der Waals surface area contributed by atoms with Crippen molar-refractivity contribution in [3.8, 4) is 0 Å². The van der Waals surface area contributed by atoms with Crippen LogP contribution in [0.3, 0.4) is 0 Å². The van der Waals surface area contributed by atoms with Crippen molar-refractivity contribution in [1.29, 1.82) is 0 Å². The average molecular weight is 296 g/mol. The van der Waals surface area contributed by atoms with Crippen LogP contribution in [0.2, 0.25) is 5.02 Å². The van der Waals surface area contributed by atoms with Crippen LogP contribution in [0, 0.1) is 6.92 Å². The lowest BCUT2D eigenvalue weighted by Crippen LogP contribution is -2.10. The van der Waals surface area contributed by atoms with Crippen LogP contribution in [0.25, 0.3) is 0 Å². The summed E-state index contributed by atoms with van der Waals surface area (Å²) in [6.45, 7) is 1.69. The third-order valence-electron chi connectivity index (χ3n) is 2.46. The Morgan fingerprint density at radius 1 is 1.26 bits per heavy atom. The Morgan fingerprint density at radius 3 is 2.42 bits per heavy atom. The van der Waals surface area contributed by atoms with Gasteiger partial charge in [0.2, 0.25) is 0 Å². The normalized spacial score (nSPS) is 10.2. The molecule has 0 saturated carbocycles. The number of halogens is 1. The van der Waals surface area contributed by atoms with Gasteiger partial charge in [0.05, 0.1) is 5.00 Å². The van der Waals surface area contributed by atoms with Crippen LogP contribution in [0.4, 0.5) is 5.00 Å². The number of hydrogen-bond acceptors (Lipinski definition) is 3. The number of carboxylic acids is 1. The number of hydrogen-bond donors (Lipinski definition) is 2. The Bertz CT molecular complexity index is 634. The van der Waals surface area contributed by atoms with E-state index in [4.69, 9.17) is 16.7 Å². The van der Waals surface area contributed by atoms with Crippen molar-refractivity contribution < 1.29 is 14.7 Å². The van der Waals surface area contributed by atoms with Crippen LogP contribution in [0.15, 0.2) is 30.3 Å².